The normalized spacial score (nSPS) is 19.1. The SMILES string of the molecule is CC(Nc1cc(C(F)F)c(-c2sc(C(=O)NCC(C)(C)O)nc2C(=O)N2CCCC[C@@H]2C)cn1)C1CC1. The first-order valence-corrected chi connectivity index (χ1v) is 13.6. The molecule has 1 unspecified atom stereocenters. The zero-order valence-corrected chi connectivity index (χ0v) is 22.5. The van der Waals surface area contributed by atoms with Crippen LogP contribution in [-0.4, -0.2) is 62.6 Å². The molecule has 0 spiro atoms. The number of aliphatic hydroxyl groups is 1. The van der Waals surface area contributed by atoms with Crippen molar-refractivity contribution in [3.8, 4) is 10.4 Å². The second-order valence-corrected chi connectivity index (χ2v) is 11.8. The van der Waals surface area contributed by atoms with Crippen LogP contribution in [0.2, 0.25) is 0 Å². The Morgan fingerprint density at radius 2 is 2.00 bits per heavy atom. The van der Waals surface area contributed by atoms with E-state index in [1.165, 1.54) is 12.3 Å². The van der Waals surface area contributed by atoms with Gasteiger partial charge in [-0.15, -0.1) is 11.3 Å². The molecule has 0 radical (unpaired) electrons. The molecule has 0 aromatic carbocycles. The molecule has 2 fully saturated rings. The van der Waals surface area contributed by atoms with Crippen molar-refractivity contribution < 1.29 is 23.5 Å². The Hall–Kier alpha value is -2.66. The Labute approximate surface area is 219 Å². The summed E-state index contributed by atoms with van der Waals surface area (Å²) in [6.07, 6.45) is 3.42. The number of alkyl halides is 2. The highest BCUT2D eigenvalue weighted by molar-refractivity contribution is 7.17. The summed E-state index contributed by atoms with van der Waals surface area (Å²) in [4.78, 5) is 37.1. The number of anilines is 1. The lowest BCUT2D eigenvalue weighted by molar-refractivity contribution is 0.0630. The van der Waals surface area contributed by atoms with Crippen LogP contribution in [-0.2, 0) is 0 Å². The maximum Gasteiger partial charge on any atom is 0.280 e. The van der Waals surface area contributed by atoms with Gasteiger partial charge in [-0.25, -0.2) is 18.7 Å². The molecule has 2 atom stereocenters. The Morgan fingerprint density at radius 3 is 2.62 bits per heavy atom. The average molecular weight is 536 g/mol. The van der Waals surface area contributed by atoms with Crippen molar-refractivity contribution in [3.05, 3.63) is 28.5 Å². The Kier molecular flexibility index (Phi) is 8.13. The number of hydrogen-bond acceptors (Lipinski definition) is 7. The van der Waals surface area contributed by atoms with Crippen LogP contribution >= 0.6 is 11.3 Å². The maximum absolute atomic E-state index is 14.3. The predicted molar refractivity (Wildman–Crippen MR) is 139 cm³/mol. The van der Waals surface area contributed by atoms with Crippen LogP contribution in [0.25, 0.3) is 10.4 Å². The van der Waals surface area contributed by atoms with Gasteiger partial charge in [0.2, 0.25) is 0 Å². The van der Waals surface area contributed by atoms with Gasteiger partial charge in [0, 0.05) is 42.5 Å². The minimum atomic E-state index is -2.82. The molecule has 11 heteroatoms. The summed E-state index contributed by atoms with van der Waals surface area (Å²) in [5, 5.41) is 15.8. The summed E-state index contributed by atoms with van der Waals surface area (Å²) in [6, 6.07) is 1.42. The number of carbonyl (C=O) groups excluding carboxylic acids is 2. The fraction of sp³-hybridized carbons (Fsp3) is 0.615. The first-order valence-electron chi connectivity index (χ1n) is 12.8. The highest BCUT2D eigenvalue weighted by Crippen LogP contribution is 2.39. The first-order chi connectivity index (χ1) is 17.4. The molecule has 4 rings (SSSR count). The number of aromatic nitrogens is 2. The van der Waals surface area contributed by atoms with E-state index in [-0.39, 0.29) is 51.2 Å². The highest BCUT2D eigenvalue weighted by Gasteiger charge is 2.33. The molecule has 2 amide bonds. The second kappa shape index (κ2) is 11.0. The van der Waals surface area contributed by atoms with Crippen molar-refractivity contribution in [2.45, 2.75) is 83.9 Å². The molecule has 3 N–H and O–H groups in total. The lowest BCUT2D eigenvalue weighted by Gasteiger charge is -2.33. The van der Waals surface area contributed by atoms with Gasteiger partial charge in [-0.1, -0.05) is 0 Å². The Bertz CT molecular complexity index is 1150. The molecule has 2 aliphatic rings. The highest BCUT2D eigenvalue weighted by atomic mass is 32.1. The van der Waals surface area contributed by atoms with Crippen molar-refractivity contribution in [2.75, 3.05) is 18.4 Å². The van der Waals surface area contributed by atoms with Crippen molar-refractivity contribution in [2.24, 2.45) is 5.92 Å². The monoisotopic (exact) mass is 535 g/mol. The average Bonchev–Trinajstić information content (AvgIpc) is 3.60. The number of nitrogens with zero attached hydrogens (tertiary/aromatic N) is 3. The van der Waals surface area contributed by atoms with E-state index in [9.17, 15) is 23.5 Å². The van der Waals surface area contributed by atoms with Gasteiger partial charge in [0.25, 0.3) is 18.2 Å². The summed E-state index contributed by atoms with van der Waals surface area (Å²) in [5.74, 6) is -0.102. The molecule has 3 heterocycles. The van der Waals surface area contributed by atoms with Gasteiger partial charge in [0.15, 0.2) is 5.01 Å². The fourth-order valence-corrected chi connectivity index (χ4v) is 5.53. The molecule has 8 nitrogen and oxygen atoms in total. The number of thiazole rings is 1. The number of amides is 2. The molecular formula is C26H35F2N5O3S. The molecule has 1 saturated heterocycles. The van der Waals surface area contributed by atoms with Crippen LogP contribution in [0.3, 0.4) is 0 Å². The molecule has 37 heavy (non-hydrogen) atoms. The number of halogens is 2. The summed E-state index contributed by atoms with van der Waals surface area (Å²) >= 11 is 0.885. The van der Waals surface area contributed by atoms with Gasteiger partial charge in [-0.3, -0.25) is 9.59 Å². The first kappa shape index (κ1) is 27.4. The Morgan fingerprint density at radius 1 is 1.27 bits per heavy atom. The second-order valence-electron chi connectivity index (χ2n) is 10.8. The van der Waals surface area contributed by atoms with Gasteiger partial charge in [0.1, 0.15) is 11.5 Å². The quantitative estimate of drug-likeness (QED) is 0.423. The van der Waals surface area contributed by atoms with Crippen molar-refractivity contribution in [1.29, 1.82) is 0 Å². The summed E-state index contributed by atoms with van der Waals surface area (Å²) in [7, 11) is 0. The third kappa shape index (κ3) is 6.62. The summed E-state index contributed by atoms with van der Waals surface area (Å²) < 4.78 is 28.6. The van der Waals surface area contributed by atoms with Crippen LogP contribution in [0.1, 0.15) is 92.1 Å². The van der Waals surface area contributed by atoms with E-state index in [2.05, 4.69) is 20.6 Å². The molecule has 202 valence electrons. The third-order valence-corrected chi connectivity index (χ3v) is 7.98. The van der Waals surface area contributed by atoms with Gasteiger partial charge in [0.05, 0.1) is 10.5 Å². The van der Waals surface area contributed by atoms with Gasteiger partial charge in [-0.2, -0.15) is 0 Å². The molecule has 2 aromatic heterocycles. The smallest absolute Gasteiger partial charge is 0.280 e. The molecule has 0 bridgehead atoms. The van der Waals surface area contributed by atoms with E-state index in [4.69, 9.17) is 0 Å². The topological polar surface area (TPSA) is 107 Å². The van der Waals surface area contributed by atoms with E-state index < -0.39 is 17.9 Å². The minimum absolute atomic E-state index is 0.0218. The molecule has 2 aromatic rings. The lowest BCUT2D eigenvalue weighted by Crippen LogP contribution is -2.42. The molecule has 1 aliphatic heterocycles. The number of nitrogens with one attached hydrogen (secondary N) is 2. The van der Waals surface area contributed by atoms with E-state index in [0.717, 1.165) is 43.4 Å². The van der Waals surface area contributed by atoms with Crippen molar-refractivity contribution in [3.63, 3.8) is 0 Å². The summed E-state index contributed by atoms with van der Waals surface area (Å²) in [5.41, 5.74) is -1.35. The minimum Gasteiger partial charge on any atom is -0.389 e. The van der Waals surface area contributed by atoms with Crippen LogP contribution < -0.4 is 10.6 Å². The lowest BCUT2D eigenvalue weighted by atomic mass is 10.0. The van der Waals surface area contributed by atoms with Gasteiger partial charge < -0.3 is 20.6 Å². The Balaban J connectivity index is 1.73. The number of rotatable bonds is 9. The van der Waals surface area contributed by atoms with E-state index in [0.29, 0.717) is 18.3 Å². The van der Waals surface area contributed by atoms with E-state index in [1.54, 1.807) is 18.7 Å². The van der Waals surface area contributed by atoms with E-state index >= 15 is 0 Å². The van der Waals surface area contributed by atoms with Crippen LogP contribution in [0.4, 0.5) is 14.6 Å². The van der Waals surface area contributed by atoms with E-state index in [1.807, 2.05) is 13.8 Å². The number of hydrogen-bond donors (Lipinski definition) is 3. The van der Waals surface area contributed by atoms with Gasteiger partial charge in [-0.05, 0) is 71.8 Å². The zero-order valence-electron chi connectivity index (χ0n) is 21.7. The predicted octanol–water partition coefficient (Wildman–Crippen LogP) is 4.87. The van der Waals surface area contributed by atoms with Crippen LogP contribution in [0.15, 0.2) is 12.3 Å². The standard InChI is InChI=1S/C26H35F2N5O3S/c1-14-7-5-6-10-33(14)25(35)20-21(37-24(32-20)23(34)30-13-26(3,4)36)18-12-29-19(11-17(18)22(27)28)31-15(2)16-8-9-16/h11-12,14-16,22,36H,5-10,13H2,1-4H3,(H,29,31)(H,30,34)/t14-,15?/m0/s1. The summed E-state index contributed by atoms with van der Waals surface area (Å²) in [6.45, 7) is 7.57. The largest absolute Gasteiger partial charge is 0.389 e. The molecule has 1 saturated carbocycles. The van der Waals surface area contributed by atoms with Crippen molar-refractivity contribution >= 4 is 29.0 Å². The maximum atomic E-state index is 14.3. The molecular weight excluding hydrogens is 500 g/mol. The third-order valence-electron chi connectivity index (χ3n) is 6.89. The number of carbonyl (C=O) groups is 2. The van der Waals surface area contributed by atoms with Crippen LogP contribution in [0.5, 0.6) is 0 Å². The number of piperidine rings is 1. The van der Waals surface area contributed by atoms with Crippen LogP contribution in [0, 0.1) is 5.92 Å². The molecule has 1 aliphatic carbocycles. The number of likely N-dealkylation sites (tertiary alicyclic amines) is 1. The fourth-order valence-electron chi connectivity index (χ4n) is 4.52. The van der Waals surface area contributed by atoms with Crippen molar-refractivity contribution in [1.82, 2.24) is 20.2 Å². The zero-order chi connectivity index (χ0) is 26.9. The van der Waals surface area contributed by atoms with Gasteiger partial charge >= 0.3 is 0 Å². The number of pyridine rings is 1.